The van der Waals surface area contributed by atoms with Crippen molar-refractivity contribution in [1.29, 1.82) is 0 Å². The second kappa shape index (κ2) is 12.7. The highest BCUT2D eigenvalue weighted by Crippen LogP contribution is 2.50. The lowest BCUT2D eigenvalue weighted by molar-refractivity contribution is 0.387. The molecule has 0 heterocycles. The van der Waals surface area contributed by atoms with Crippen molar-refractivity contribution in [1.82, 2.24) is 0 Å². The number of anilines is 6. The zero-order chi connectivity index (χ0) is 31.4. The summed E-state index contributed by atoms with van der Waals surface area (Å²) in [5, 5.41) is 1.87. The average Bonchev–Trinajstić information content (AvgIpc) is 3.07. The van der Waals surface area contributed by atoms with Crippen LogP contribution in [-0.4, -0.2) is 9.79 Å². The summed E-state index contributed by atoms with van der Waals surface area (Å²) in [4.78, 5) is 23.9. The zero-order valence-electron chi connectivity index (χ0n) is 24.7. The van der Waals surface area contributed by atoms with Crippen LogP contribution in [-0.2, 0) is 4.57 Å². The number of terminal acetylenes is 1. The first-order chi connectivity index (χ1) is 21.9. The highest BCUT2D eigenvalue weighted by molar-refractivity contribution is 7.60. The molecule has 220 valence electrons. The van der Waals surface area contributed by atoms with Gasteiger partial charge in [0.15, 0.2) is 0 Å². The molecule has 0 aliphatic heterocycles. The lowest BCUT2D eigenvalue weighted by Crippen LogP contribution is -2.17. The van der Waals surface area contributed by atoms with Gasteiger partial charge in [0.1, 0.15) is 0 Å². The van der Waals surface area contributed by atoms with Crippen LogP contribution < -0.4 is 15.1 Å². The summed E-state index contributed by atoms with van der Waals surface area (Å²) >= 11 is 0. The number of hydrogen-bond acceptors (Lipinski definition) is 3. The first-order valence-corrected chi connectivity index (χ1v) is 16.1. The van der Waals surface area contributed by atoms with Crippen molar-refractivity contribution in [2.24, 2.45) is 0 Å². The van der Waals surface area contributed by atoms with Crippen molar-refractivity contribution in [2.75, 3.05) is 9.80 Å². The van der Waals surface area contributed by atoms with Crippen LogP contribution in [0.25, 0.3) is 16.8 Å². The first kappa shape index (κ1) is 29.7. The predicted molar refractivity (Wildman–Crippen MR) is 188 cm³/mol. The third-order valence-electron chi connectivity index (χ3n) is 7.61. The van der Waals surface area contributed by atoms with Crippen molar-refractivity contribution < 1.29 is 14.4 Å². The van der Waals surface area contributed by atoms with Crippen LogP contribution >= 0.6 is 7.60 Å². The molecule has 0 atom stereocenters. The Labute approximate surface area is 263 Å². The van der Waals surface area contributed by atoms with E-state index in [1.165, 1.54) is 12.1 Å². The summed E-state index contributed by atoms with van der Waals surface area (Å²) < 4.78 is 12.0. The molecule has 0 saturated carbocycles. The topological polar surface area (TPSA) is 64.0 Å². The summed E-state index contributed by atoms with van der Waals surface area (Å²) in [6.45, 7) is 1.97. The van der Waals surface area contributed by atoms with Gasteiger partial charge in [0, 0.05) is 39.1 Å². The van der Waals surface area contributed by atoms with Crippen molar-refractivity contribution in [3.05, 3.63) is 157 Å². The normalized spacial score (nSPS) is 11.4. The molecule has 0 aliphatic carbocycles. The third-order valence-corrected chi connectivity index (χ3v) is 8.58. The van der Waals surface area contributed by atoms with E-state index in [-0.39, 0.29) is 5.30 Å². The Bertz CT molecular complexity index is 2030. The Kier molecular flexibility index (Phi) is 8.38. The minimum absolute atomic E-state index is 0.0428. The quantitative estimate of drug-likeness (QED) is 0.133. The smallest absolute Gasteiger partial charge is 0.321 e. The first-order valence-electron chi connectivity index (χ1n) is 14.5. The van der Waals surface area contributed by atoms with Gasteiger partial charge in [0.25, 0.3) is 0 Å². The summed E-state index contributed by atoms with van der Waals surface area (Å²) in [6, 6.07) is 44.9. The Hall–Kier alpha value is -5.37. The van der Waals surface area contributed by atoms with Gasteiger partial charge >= 0.3 is 7.60 Å². The number of rotatable bonds is 8. The fourth-order valence-corrected chi connectivity index (χ4v) is 6.25. The van der Waals surface area contributed by atoms with Crippen molar-refractivity contribution in [3.8, 4) is 12.3 Å². The number of hydrogen-bond donors (Lipinski definition) is 2. The summed E-state index contributed by atoms with van der Waals surface area (Å²) in [5.41, 5.74) is 6.83. The van der Waals surface area contributed by atoms with Crippen LogP contribution in [0.4, 0.5) is 34.1 Å². The molecule has 6 aromatic carbocycles. The molecule has 0 saturated heterocycles. The summed E-state index contributed by atoms with van der Waals surface area (Å²) in [6.07, 6.45) is 10.5. The minimum atomic E-state index is -4.42. The molecular weight excluding hydrogens is 575 g/mol. The molecule has 0 amide bonds. The van der Waals surface area contributed by atoms with Crippen LogP contribution in [0.1, 0.15) is 18.1 Å². The Morgan fingerprint density at radius 3 is 1.42 bits per heavy atom. The maximum absolute atomic E-state index is 12.0. The van der Waals surface area contributed by atoms with Gasteiger partial charge in [0.2, 0.25) is 0 Å². The molecule has 0 bridgehead atoms. The Balaban J connectivity index is 1.74. The SMILES string of the molecule is C#Cc1c(/C=C\C)c(N(c2ccccc2)c2ccc(P(=O)(O)O)cc2)c2ccccc2c1N(c1ccccc1)c1ccccc1. The van der Waals surface area contributed by atoms with E-state index in [4.69, 9.17) is 6.42 Å². The van der Waals surface area contributed by atoms with Crippen LogP contribution in [0.5, 0.6) is 0 Å². The third kappa shape index (κ3) is 5.79. The Morgan fingerprint density at radius 1 is 0.600 bits per heavy atom. The number of nitrogens with zero attached hydrogens (tertiary/aromatic N) is 2. The minimum Gasteiger partial charge on any atom is -0.321 e. The largest absolute Gasteiger partial charge is 0.356 e. The van der Waals surface area contributed by atoms with Crippen molar-refractivity contribution in [3.63, 3.8) is 0 Å². The molecule has 0 fully saturated rings. The van der Waals surface area contributed by atoms with Crippen molar-refractivity contribution in [2.45, 2.75) is 6.92 Å². The number of para-hydroxylation sites is 3. The molecule has 0 unspecified atom stereocenters. The van der Waals surface area contributed by atoms with Gasteiger partial charge in [0.05, 0.1) is 22.2 Å². The molecule has 2 N–H and O–H groups in total. The van der Waals surface area contributed by atoms with Crippen LogP contribution in [0, 0.1) is 12.3 Å². The highest BCUT2D eigenvalue weighted by Gasteiger charge is 2.27. The van der Waals surface area contributed by atoms with Crippen LogP contribution in [0.2, 0.25) is 0 Å². The average molecular weight is 607 g/mol. The molecule has 45 heavy (non-hydrogen) atoms. The van der Waals surface area contributed by atoms with Gasteiger partial charge in [-0.3, -0.25) is 4.57 Å². The fourth-order valence-electron chi connectivity index (χ4n) is 5.71. The Morgan fingerprint density at radius 2 is 1.00 bits per heavy atom. The zero-order valence-corrected chi connectivity index (χ0v) is 25.5. The van der Waals surface area contributed by atoms with Gasteiger partial charge < -0.3 is 19.6 Å². The van der Waals surface area contributed by atoms with Gasteiger partial charge in [-0.05, 0) is 67.6 Å². The molecule has 5 nitrogen and oxygen atoms in total. The van der Waals surface area contributed by atoms with E-state index in [2.05, 4.69) is 52.1 Å². The van der Waals surface area contributed by atoms with Crippen LogP contribution in [0.15, 0.2) is 146 Å². The maximum Gasteiger partial charge on any atom is 0.356 e. The van der Waals surface area contributed by atoms with E-state index >= 15 is 0 Å². The molecule has 6 heteroatoms. The molecule has 6 rings (SSSR count). The second-order valence-corrected chi connectivity index (χ2v) is 12.0. The van der Waals surface area contributed by atoms with Crippen LogP contribution in [0.3, 0.4) is 0 Å². The van der Waals surface area contributed by atoms with Gasteiger partial charge in [-0.25, -0.2) is 0 Å². The predicted octanol–water partition coefficient (Wildman–Crippen LogP) is 9.60. The lowest BCUT2D eigenvalue weighted by atomic mass is 9.92. The van der Waals surface area contributed by atoms with Gasteiger partial charge in [-0.1, -0.05) is 96.9 Å². The van der Waals surface area contributed by atoms with E-state index in [9.17, 15) is 14.4 Å². The van der Waals surface area contributed by atoms with E-state index in [1.54, 1.807) is 12.1 Å². The molecule has 0 aromatic heterocycles. The van der Waals surface area contributed by atoms with E-state index in [1.807, 2.05) is 97.9 Å². The molecule has 0 aliphatic rings. The molecule has 0 spiro atoms. The summed E-state index contributed by atoms with van der Waals surface area (Å²) in [7, 11) is -4.42. The van der Waals surface area contributed by atoms with E-state index in [0.29, 0.717) is 5.56 Å². The molecule has 6 aromatic rings. The number of fused-ring (bicyclic) bond motifs is 1. The van der Waals surface area contributed by atoms with Gasteiger partial charge in [-0.2, -0.15) is 0 Å². The van der Waals surface area contributed by atoms with E-state index < -0.39 is 7.60 Å². The number of allylic oxidation sites excluding steroid dienone is 1. The second-order valence-electron chi connectivity index (χ2n) is 10.4. The summed E-state index contributed by atoms with van der Waals surface area (Å²) in [5.74, 6) is 3.07. The van der Waals surface area contributed by atoms with Gasteiger partial charge in [-0.15, -0.1) is 6.42 Å². The fraction of sp³-hybridized carbons (Fsp3) is 0.0256. The molecule has 0 radical (unpaired) electrons. The number of benzene rings is 6. The van der Waals surface area contributed by atoms with E-state index in [0.717, 1.165) is 50.5 Å². The standard InChI is InChI=1S/C39H31N2O3P/c1-3-16-35-34(4-2)38(40(29-17-8-5-9-18-29)30-19-10-6-11-20-30)36-23-14-15-24-37(36)39(35)41(31-21-12-7-13-22-31)32-25-27-33(28-26-32)45(42,43)44/h2-3,5-28H,1H3,(H2,42,43,44)/b16-3-. The maximum atomic E-state index is 12.0. The lowest BCUT2D eigenvalue weighted by Gasteiger charge is -2.33. The van der Waals surface area contributed by atoms with Crippen molar-refractivity contribution >= 4 is 63.9 Å². The monoisotopic (exact) mass is 606 g/mol. The molecular formula is C39H31N2O3P. The highest BCUT2D eigenvalue weighted by atomic mass is 31.2.